The Kier molecular flexibility index (Phi) is 3.85. The van der Waals surface area contributed by atoms with E-state index in [0.717, 1.165) is 23.9 Å². The lowest BCUT2D eigenvalue weighted by Gasteiger charge is -2.14. The van der Waals surface area contributed by atoms with Crippen molar-refractivity contribution >= 4 is 17.3 Å². The van der Waals surface area contributed by atoms with Crippen molar-refractivity contribution in [3.05, 3.63) is 30.4 Å². The second-order valence-corrected chi connectivity index (χ2v) is 5.13. The standard InChI is InChI=1S/C15H19N5O/c1-17-9-11(8-16)13-10-20-14(6-7-18-20)15(19-13)21-12-4-2-3-5-12/h6-10,12H,2-5,16H2,1H3. The largest absolute Gasteiger partial charge is 0.473 e. The van der Waals surface area contributed by atoms with Crippen LogP contribution in [0.3, 0.4) is 0 Å². The van der Waals surface area contributed by atoms with Crippen LogP contribution >= 0.6 is 0 Å². The van der Waals surface area contributed by atoms with E-state index in [2.05, 4.69) is 15.1 Å². The lowest BCUT2D eigenvalue weighted by atomic mass is 10.2. The molecule has 0 atom stereocenters. The molecule has 110 valence electrons. The molecule has 1 saturated carbocycles. The van der Waals surface area contributed by atoms with E-state index in [1.54, 1.807) is 24.0 Å². The maximum atomic E-state index is 6.08. The molecular formula is C15H19N5O. The summed E-state index contributed by atoms with van der Waals surface area (Å²) in [5, 5.41) is 4.28. The van der Waals surface area contributed by atoms with Crippen molar-refractivity contribution in [2.45, 2.75) is 31.8 Å². The lowest BCUT2D eigenvalue weighted by Crippen LogP contribution is -2.13. The molecular weight excluding hydrogens is 266 g/mol. The normalized spacial score (nSPS) is 17.1. The molecule has 3 rings (SSSR count). The van der Waals surface area contributed by atoms with Crippen LogP contribution in [0.4, 0.5) is 0 Å². The molecule has 2 aromatic rings. The van der Waals surface area contributed by atoms with Crippen LogP contribution in [-0.2, 0) is 0 Å². The number of aromatic nitrogens is 3. The number of aliphatic imine (C=N–C) groups is 1. The first kappa shape index (κ1) is 13.6. The van der Waals surface area contributed by atoms with Gasteiger partial charge in [-0.2, -0.15) is 5.10 Å². The number of nitrogens with zero attached hydrogens (tertiary/aromatic N) is 4. The molecule has 0 amide bonds. The fraction of sp³-hybridized carbons (Fsp3) is 0.400. The van der Waals surface area contributed by atoms with Crippen molar-refractivity contribution in [1.82, 2.24) is 14.6 Å². The van der Waals surface area contributed by atoms with E-state index in [9.17, 15) is 0 Å². The van der Waals surface area contributed by atoms with Gasteiger partial charge in [-0.1, -0.05) is 0 Å². The average molecular weight is 285 g/mol. The van der Waals surface area contributed by atoms with Crippen LogP contribution < -0.4 is 10.5 Å². The first-order valence-electron chi connectivity index (χ1n) is 7.17. The van der Waals surface area contributed by atoms with Crippen LogP contribution in [0.25, 0.3) is 11.1 Å². The zero-order valence-corrected chi connectivity index (χ0v) is 12.1. The Morgan fingerprint density at radius 1 is 1.48 bits per heavy atom. The molecule has 2 N–H and O–H groups in total. The molecule has 1 fully saturated rings. The third kappa shape index (κ3) is 2.74. The molecule has 0 aromatic carbocycles. The first-order chi connectivity index (χ1) is 10.3. The van der Waals surface area contributed by atoms with Crippen molar-refractivity contribution in [2.24, 2.45) is 10.7 Å². The monoisotopic (exact) mass is 285 g/mol. The molecule has 1 aliphatic carbocycles. The molecule has 2 aromatic heterocycles. The number of rotatable bonds is 4. The lowest BCUT2D eigenvalue weighted by molar-refractivity contribution is 0.203. The SMILES string of the molecule is CN=CC(=CN)c1cn2nccc2c(OC2CCCC2)n1. The van der Waals surface area contributed by atoms with Gasteiger partial charge in [-0.05, 0) is 31.7 Å². The van der Waals surface area contributed by atoms with Crippen LogP contribution in [0.15, 0.2) is 29.7 Å². The molecule has 6 heteroatoms. The summed E-state index contributed by atoms with van der Waals surface area (Å²) in [6, 6.07) is 1.90. The predicted octanol–water partition coefficient (Wildman–Crippen LogP) is 2.05. The Labute approximate surface area is 123 Å². The zero-order valence-electron chi connectivity index (χ0n) is 12.1. The maximum Gasteiger partial charge on any atom is 0.240 e. The zero-order chi connectivity index (χ0) is 14.7. The van der Waals surface area contributed by atoms with E-state index < -0.39 is 0 Å². The van der Waals surface area contributed by atoms with Crippen molar-refractivity contribution in [3.63, 3.8) is 0 Å². The summed E-state index contributed by atoms with van der Waals surface area (Å²) in [6.45, 7) is 0. The van der Waals surface area contributed by atoms with E-state index in [-0.39, 0.29) is 6.10 Å². The Balaban J connectivity index is 2.02. The summed E-state index contributed by atoms with van der Waals surface area (Å²) in [7, 11) is 1.70. The first-order valence-corrected chi connectivity index (χ1v) is 7.17. The molecule has 6 nitrogen and oxygen atoms in total. The van der Waals surface area contributed by atoms with E-state index in [1.807, 2.05) is 12.3 Å². The van der Waals surface area contributed by atoms with E-state index in [4.69, 9.17) is 10.5 Å². The summed E-state index contributed by atoms with van der Waals surface area (Å²) in [5.74, 6) is 0.612. The minimum absolute atomic E-state index is 0.247. The minimum Gasteiger partial charge on any atom is -0.473 e. The Morgan fingerprint density at radius 3 is 3.00 bits per heavy atom. The van der Waals surface area contributed by atoms with E-state index in [1.165, 1.54) is 19.0 Å². The van der Waals surface area contributed by atoms with E-state index >= 15 is 0 Å². The number of nitrogens with two attached hydrogens (primary N) is 1. The van der Waals surface area contributed by atoms with Crippen LogP contribution in [0.2, 0.25) is 0 Å². The summed E-state index contributed by atoms with van der Waals surface area (Å²) in [5.41, 5.74) is 7.97. The topological polar surface area (TPSA) is 77.8 Å². The number of allylic oxidation sites excluding steroid dienone is 1. The van der Waals surface area contributed by atoms with Gasteiger partial charge in [-0.3, -0.25) is 4.99 Å². The highest BCUT2D eigenvalue weighted by Gasteiger charge is 2.19. The summed E-state index contributed by atoms with van der Waals surface area (Å²) >= 11 is 0. The van der Waals surface area contributed by atoms with Crippen molar-refractivity contribution in [1.29, 1.82) is 0 Å². The van der Waals surface area contributed by atoms with Crippen LogP contribution in [-0.4, -0.2) is 34.0 Å². The highest BCUT2D eigenvalue weighted by atomic mass is 16.5. The number of ether oxygens (including phenoxy) is 1. The predicted molar refractivity (Wildman–Crippen MR) is 82.5 cm³/mol. The summed E-state index contributed by atoms with van der Waals surface area (Å²) in [6.07, 6.45) is 11.6. The minimum atomic E-state index is 0.247. The van der Waals surface area contributed by atoms with E-state index in [0.29, 0.717) is 11.6 Å². The van der Waals surface area contributed by atoms with Gasteiger partial charge >= 0.3 is 0 Å². The van der Waals surface area contributed by atoms with Crippen LogP contribution in [0.5, 0.6) is 5.88 Å². The number of hydrogen-bond acceptors (Lipinski definition) is 5. The van der Waals surface area contributed by atoms with Crippen molar-refractivity contribution in [2.75, 3.05) is 7.05 Å². The van der Waals surface area contributed by atoms with Crippen LogP contribution in [0.1, 0.15) is 31.4 Å². The van der Waals surface area contributed by atoms with Gasteiger partial charge in [-0.15, -0.1) is 0 Å². The highest BCUT2D eigenvalue weighted by molar-refractivity contribution is 6.08. The Morgan fingerprint density at radius 2 is 2.29 bits per heavy atom. The summed E-state index contributed by atoms with van der Waals surface area (Å²) in [4.78, 5) is 8.60. The molecule has 0 aliphatic heterocycles. The molecule has 0 saturated heterocycles. The maximum absolute atomic E-state index is 6.08. The second-order valence-electron chi connectivity index (χ2n) is 5.13. The third-order valence-electron chi connectivity index (χ3n) is 3.68. The molecule has 0 bridgehead atoms. The molecule has 21 heavy (non-hydrogen) atoms. The number of fused-ring (bicyclic) bond motifs is 1. The third-order valence-corrected chi connectivity index (χ3v) is 3.68. The highest BCUT2D eigenvalue weighted by Crippen LogP contribution is 2.27. The van der Waals surface area contributed by atoms with Gasteiger partial charge in [0.25, 0.3) is 0 Å². The van der Waals surface area contributed by atoms with Gasteiger partial charge in [-0.25, -0.2) is 9.50 Å². The average Bonchev–Trinajstić information content (AvgIpc) is 3.15. The molecule has 0 radical (unpaired) electrons. The molecule has 2 heterocycles. The Hall–Kier alpha value is -2.37. The number of hydrogen-bond donors (Lipinski definition) is 1. The Bertz CT molecular complexity index is 682. The van der Waals surface area contributed by atoms with Gasteiger partial charge < -0.3 is 10.5 Å². The molecule has 0 spiro atoms. The van der Waals surface area contributed by atoms with Gasteiger partial charge in [0, 0.05) is 25.0 Å². The smallest absolute Gasteiger partial charge is 0.240 e. The quantitative estimate of drug-likeness (QED) is 0.872. The van der Waals surface area contributed by atoms with Gasteiger partial charge in [0.15, 0.2) is 0 Å². The molecule has 0 unspecified atom stereocenters. The second kappa shape index (κ2) is 5.95. The molecule has 1 aliphatic rings. The van der Waals surface area contributed by atoms with Crippen molar-refractivity contribution in [3.8, 4) is 5.88 Å². The van der Waals surface area contributed by atoms with Gasteiger partial charge in [0.2, 0.25) is 5.88 Å². The van der Waals surface area contributed by atoms with Gasteiger partial charge in [0.1, 0.15) is 11.6 Å². The fourth-order valence-electron chi connectivity index (χ4n) is 2.62. The summed E-state index contributed by atoms with van der Waals surface area (Å²) < 4.78 is 7.84. The van der Waals surface area contributed by atoms with Crippen LogP contribution in [0, 0.1) is 0 Å². The fourth-order valence-corrected chi connectivity index (χ4v) is 2.62. The van der Waals surface area contributed by atoms with Crippen molar-refractivity contribution < 1.29 is 4.74 Å². The van der Waals surface area contributed by atoms with Gasteiger partial charge in [0.05, 0.1) is 18.1 Å².